The summed E-state index contributed by atoms with van der Waals surface area (Å²) >= 11 is 0. The lowest BCUT2D eigenvalue weighted by Crippen LogP contribution is -2.39. The second-order valence-electron chi connectivity index (χ2n) is 7.01. The summed E-state index contributed by atoms with van der Waals surface area (Å²) in [7, 11) is 1.48. The van der Waals surface area contributed by atoms with Crippen LogP contribution in [0.2, 0.25) is 0 Å². The molecule has 1 amide bonds. The topological polar surface area (TPSA) is 90.7 Å². The van der Waals surface area contributed by atoms with E-state index in [0.29, 0.717) is 16.9 Å². The Morgan fingerprint density at radius 2 is 1.67 bits per heavy atom. The van der Waals surface area contributed by atoms with Crippen molar-refractivity contribution in [2.45, 2.75) is 38.5 Å². The molecular formula is C20H24N2O5. The molecule has 2 aromatic rings. The summed E-state index contributed by atoms with van der Waals surface area (Å²) in [6.07, 6.45) is -0.735. The number of amides is 1. The van der Waals surface area contributed by atoms with Crippen molar-refractivity contribution < 1.29 is 19.2 Å². The smallest absolute Gasteiger partial charge is 0.408 e. The quantitative estimate of drug-likeness (QED) is 0.604. The van der Waals surface area contributed by atoms with Crippen LogP contribution in [0.25, 0.3) is 0 Å². The van der Waals surface area contributed by atoms with Crippen LogP contribution in [0.15, 0.2) is 54.6 Å². The molecule has 2 atom stereocenters. The summed E-state index contributed by atoms with van der Waals surface area (Å²) in [5, 5.41) is 14.6. The number of carbonyl (C=O) groups excluding carboxylic acids is 1. The summed E-state index contributed by atoms with van der Waals surface area (Å²) in [5.41, 5.74) is 0.234. The first-order valence-corrected chi connectivity index (χ1v) is 8.54. The van der Waals surface area contributed by atoms with Gasteiger partial charge in [-0.3, -0.25) is 10.1 Å². The van der Waals surface area contributed by atoms with Gasteiger partial charge in [0, 0.05) is 16.1 Å². The number of nitrogens with one attached hydrogen (secondary N) is 1. The van der Waals surface area contributed by atoms with Crippen LogP contribution in [-0.4, -0.2) is 23.7 Å². The van der Waals surface area contributed by atoms with Gasteiger partial charge in [-0.2, -0.15) is 0 Å². The van der Waals surface area contributed by atoms with Gasteiger partial charge < -0.3 is 14.8 Å². The second-order valence-corrected chi connectivity index (χ2v) is 7.01. The molecule has 0 aliphatic rings. The van der Waals surface area contributed by atoms with Gasteiger partial charge in [0.05, 0.1) is 7.11 Å². The van der Waals surface area contributed by atoms with Crippen molar-refractivity contribution in [1.82, 2.24) is 5.32 Å². The van der Waals surface area contributed by atoms with Gasteiger partial charge >= 0.3 is 6.09 Å². The molecule has 0 saturated carbocycles. The highest BCUT2D eigenvalue weighted by Gasteiger charge is 2.38. The molecule has 0 saturated heterocycles. The largest absolute Gasteiger partial charge is 0.496 e. The Morgan fingerprint density at radius 1 is 1.07 bits per heavy atom. The fourth-order valence-electron chi connectivity index (χ4n) is 2.77. The SMILES string of the molecule is COc1ccccc1[C@H](NC(=O)OC(C)(C)C)[C@@H](c1ccccc1)[N+](=O)[O-]. The molecule has 0 heterocycles. The molecule has 0 aliphatic carbocycles. The Labute approximate surface area is 158 Å². The maximum Gasteiger partial charge on any atom is 0.408 e. The fourth-order valence-corrected chi connectivity index (χ4v) is 2.77. The van der Waals surface area contributed by atoms with Crippen LogP contribution in [-0.2, 0) is 4.74 Å². The van der Waals surface area contributed by atoms with Gasteiger partial charge in [-0.25, -0.2) is 4.79 Å². The van der Waals surface area contributed by atoms with Crippen LogP contribution >= 0.6 is 0 Å². The minimum Gasteiger partial charge on any atom is -0.496 e. The third-order valence-corrected chi connectivity index (χ3v) is 3.83. The van der Waals surface area contributed by atoms with E-state index in [-0.39, 0.29) is 0 Å². The molecule has 2 rings (SSSR count). The number of nitrogens with zero attached hydrogens (tertiary/aromatic N) is 1. The molecule has 0 unspecified atom stereocenters. The van der Waals surface area contributed by atoms with Crippen LogP contribution in [0.4, 0.5) is 4.79 Å². The van der Waals surface area contributed by atoms with Crippen molar-refractivity contribution in [1.29, 1.82) is 0 Å². The normalized spacial score (nSPS) is 13.3. The number of hydrogen-bond donors (Lipinski definition) is 1. The molecule has 0 spiro atoms. The van der Waals surface area contributed by atoms with Crippen LogP contribution in [0.5, 0.6) is 5.75 Å². The number of hydrogen-bond acceptors (Lipinski definition) is 5. The van der Waals surface area contributed by atoms with Crippen molar-refractivity contribution in [2.24, 2.45) is 0 Å². The van der Waals surface area contributed by atoms with Crippen LogP contribution in [0, 0.1) is 10.1 Å². The van der Waals surface area contributed by atoms with Gasteiger partial charge in [0.2, 0.25) is 0 Å². The van der Waals surface area contributed by atoms with Crippen molar-refractivity contribution in [3.63, 3.8) is 0 Å². The molecule has 7 nitrogen and oxygen atoms in total. The van der Waals surface area contributed by atoms with E-state index >= 15 is 0 Å². The highest BCUT2D eigenvalue weighted by atomic mass is 16.6. The van der Waals surface area contributed by atoms with Crippen LogP contribution in [0.3, 0.4) is 0 Å². The van der Waals surface area contributed by atoms with Crippen molar-refractivity contribution in [3.8, 4) is 5.75 Å². The van der Waals surface area contributed by atoms with Crippen molar-refractivity contribution >= 4 is 6.09 Å². The lowest BCUT2D eigenvalue weighted by Gasteiger charge is -2.26. The van der Waals surface area contributed by atoms with Crippen molar-refractivity contribution in [2.75, 3.05) is 7.11 Å². The maximum absolute atomic E-state index is 12.4. The first-order chi connectivity index (χ1) is 12.7. The highest BCUT2D eigenvalue weighted by Crippen LogP contribution is 2.36. The average molecular weight is 372 g/mol. The maximum atomic E-state index is 12.4. The van der Waals surface area contributed by atoms with E-state index < -0.39 is 28.7 Å². The number of methoxy groups -OCH3 is 1. The standard InChI is InChI=1S/C20H24N2O5/c1-20(2,3)27-19(23)21-17(15-12-8-9-13-16(15)26-4)18(22(24)25)14-10-6-5-7-11-14/h5-13,17-18H,1-4H3,(H,21,23)/t17-,18+/m0/s1. The molecule has 7 heteroatoms. The number of rotatable bonds is 6. The van der Waals surface area contributed by atoms with E-state index in [9.17, 15) is 14.9 Å². The van der Waals surface area contributed by atoms with E-state index in [1.165, 1.54) is 7.11 Å². The Kier molecular flexibility index (Phi) is 6.39. The minimum absolute atomic E-state index is 0.413. The van der Waals surface area contributed by atoms with Gasteiger partial charge in [-0.05, 0) is 26.8 Å². The fraction of sp³-hybridized carbons (Fsp3) is 0.350. The van der Waals surface area contributed by atoms with Gasteiger partial charge in [0.25, 0.3) is 6.04 Å². The lowest BCUT2D eigenvalue weighted by molar-refractivity contribution is -0.534. The molecule has 0 bridgehead atoms. The highest BCUT2D eigenvalue weighted by molar-refractivity contribution is 5.69. The lowest BCUT2D eigenvalue weighted by atomic mass is 9.93. The number of carbonyl (C=O) groups is 1. The Bertz CT molecular complexity index is 786. The number of para-hydroxylation sites is 1. The number of alkyl carbamates (subject to hydrolysis) is 1. The first kappa shape index (κ1) is 20.2. The number of nitro groups is 1. The van der Waals surface area contributed by atoms with Crippen molar-refractivity contribution in [3.05, 3.63) is 75.8 Å². The molecule has 27 heavy (non-hydrogen) atoms. The third kappa shape index (κ3) is 5.44. The monoisotopic (exact) mass is 372 g/mol. The predicted octanol–water partition coefficient (Wildman–Crippen LogP) is 4.28. The zero-order valence-electron chi connectivity index (χ0n) is 15.8. The van der Waals surface area contributed by atoms with Crippen LogP contribution < -0.4 is 10.1 Å². The molecular weight excluding hydrogens is 348 g/mol. The average Bonchev–Trinajstić information content (AvgIpc) is 2.60. The van der Waals surface area contributed by atoms with Gasteiger partial charge in [0.15, 0.2) is 0 Å². The second kappa shape index (κ2) is 8.53. The molecule has 0 fully saturated rings. The molecule has 1 N–H and O–H groups in total. The summed E-state index contributed by atoms with van der Waals surface area (Å²) in [6.45, 7) is 5.19. The zero-order chi connectivity index (χ0) is 20.0. The number of benzene rings is 2. The summed E-state index contributed by atoms with van der Waals surface area (Å²) < 4.78 is 10.7. The summed E-state index contributed by atoms with van der Waals surface area (Å²) in [4.78, 5) is 23.9. The first-order valence-electron chi connectivity index (χ1n) is 8.54. The zero-order valence-corrected chi connectivity index (χ0v) is 15.8. The Morgan fingerprint density at radius 3 is 2.22 bits per heavy atom. The minimum atomic E-state index is -1.21. The third-order valence-electron chi connectivity index (χ3n) is 3.83. The van der Waals surface area contributed by atoms with E-state index in [0.717, 1.165) is 0 Å². The Balaban J connectivity index is 2.50. The molecule has 144 valence electrons. The van der Waals surface area contributed by atoms with E-state index in [1.54, 1.807) is 75.4 Å². The van der Waals surface area contributed by atoms with E-state index in [4.69, 9.17) is 9.47 Å². The molecule has 0 aromatic heterocycles. The molecule has 2 aromatic carbocycles. The summed E-state index contributed by atoms with van der Waals surface area (Å²) in [5.74, 6) is 0.446. The molecule has 0 radical (unpaired) electrons. The summed E-state index contributed by atoms with van der Waals surface area (Å²) in [6, 6.07) is 13.2. The molecule has 0 aliphatic heterocycles. The Hall–Kier alpha value is -3.09. The number of ether oxygens (including phenoxy) is 2. The van der Waals surface area contributed by atoms with E-state index in [1.807, 2.05) is 0 Å². The van der Waals surface area contributed by atoms with Gasteiger partial charge in [-0.15, -0.1) is 0 Å². The predicted molar refractivity (Wildman–Crippen MR) is 101 cm³/mol. The van der Waals surface area contributed by atoms with Gasteiger partial charge in [0.1, 0.15) is 17.4 Å². The van der Waals surface area contributed by atoms with Crippen LogP contribution in [0.1, 0.15) is 44.0 Å². The van der Waals surface area contributed by atoms with Gasteiger partial charge in [-0.1, -0.05) is 48.5 Å². The van der Waals surface area contributed by atoms with E-state index in [2.05, 4.69) is 5.32 Å².